The highest BCUT2D eigenvalue weighted by molar-refractivity contribution is 7.25. The summed E-state index contributed by atoms with van der Waals surface area (Å²) in [5.41, 5.74) is 7.64. The summed E-state index contributed by atoms with van der Waals surface area (Å²) in [6, 6.07) is 9.89. The largest absolute Gasteiger partial charge is 0.375 e. The predicted molar refractivity (Wildman–Crippen MR) is 84.4 cm³/mol. The molecule has 0 saturated carbocycles. The molecule has 0 unspecified atom stereocenters. The van der Waals surface area contributed by atoms with Crippen LogP contribution in [0.1, 0.15) is 5.69 Å². The Labute approximate surface area is 127 Å². The molecule has 0 spiro atoms. The monoisotopic (exact) mass is 314 g/mol. The number of rotatable bonds is 2. The van der Waals surface area contributed by atoms with E-state index in [2.05, 4.69) is 20.3 Å². The van der Waals surface area contributed by atoms with E-state index in [1.54, 1.807) is 4.52 Å². The molecule has 104 valence electrons. The van der Waals surface area contributed by atoms with E-state index in [1.165, 1.54) is 22.7 Å². The molecular formula is C13H10N6S2. The van der Waals surface area contributed by atoms with Crippen molar-refractivity contribution in [1.82, 2.24) is 24.8 Å². The lowest BCUT2D eigenvalue weighted by Crippen LogP contribution is -1.90. The number of hydrogen-bond acceptors (Lipinski definition) is 7. The van der Waals surface area contributed by atoms with E-state index in [0.717, 1.165) is 31.9 Å². The van der Waals surface area contributed by atoms with Gasteiger partial charge in [-0.3, -0.25) is 0 Å². The summed E-state index contributed by atoms with van der Waals surface area (Å²) >= 11 is 2.93. The maximum Gasteiger partial charge on any atom is 0.235 e. The van der Waals surface area contributed by atoms with Crippen LogP contribution >= 0.6 is 22.7 Å². The van der Waals surface area contributed by atoms with Gasteiger partial charge in [-0.15, -0.1) is 10.2 Å². The van der Waals surface area contributed by atoms with Crippen LogP contribution in [0.3, 0.4) is 0 Å². The molecule has 0 saturated heterocycles. The molecule has 21 heavy (non-hydrogen) atoms. The maximum absolute atomic E-state index is 5.76. The Balaban J connectivity index is 1.88. The first kappa shape index (κ1) is 12.4. The minimum atomic E-state index is 0.553. The molecule has 0 fully saturated rings. The molecule has 2 N–H and O–H groups in total. The molecular weight excluding hydrogens is 304 g/mol. The standard InChI is InChI=1S/C13H10N6S2/c1-7-9(20-12(14)15-7)11-18-19-10(16-17-13(19)21-11)8-5-3-2-4-6-8/h2-6H,1H3,(H2,14,15). The lowest BCUT2D eigenvalue weighted by molar-refractivity contribution is 0.971. The molecule has 0 aliphatic rings. The van der Waals surface area contributed by atoms with Crippen molar-refractivity contribution in [3.63, 3.8) is 0 Å². The highest BCUT2D eigenvalue weighted by Gasteiger charge is 2.17. The molecule has 0 amide bonds. The fourth-order valence-corrected chi connectivity index (χ4v) is 3.89. The molecule has 0 bridgehead atoms. The van der Waals surface area contributed by atoms with Gasteiger partial charge in [-0.2, -0.15) is 9.61 Å². The Bertz CT molecular complexity index is 921. The molecule has 0 radical (unpaired) electrons. The van der Waals surface area contributed by atoms with Crippen molar-refractivity contribution >= 4 is 32.8 Å². The van der Waals surface area contributed by atoms with Crippen LogP contribution in [-0.2, 0) is 0 Å². The van der Waals surface area contributed by atoms with Crippen LogP contribution in [0, 0.1) is 6.92 Å². The van der Waals surface area contributed by atoms with Crippen LogP contribution in [-0.4, -0.2) is 24.8 Å². The maximum atomic E-state index is 5.76. The number of nitrogens with zero attached hydrogens (tertiary/aromatic N) is 5. The summed E-state index contributed by atoms with van der Waals surface area (Å²) < 4.78 is 1.77. The predicted octanol–water partition coefficient (Wildman–Crippen LogP) is 2.87. The van der Waals surface area contributed by atoms with Crippen molar-refractivity contribution in [2.75, 3.05) is 5.73 Å². The Kier molecular flexibility index (Phi) is 2.72. The Morgan fingerprint density at radius 1 is 1.10 bits per heavy atom. The Morgan fingerprint density at radius 2 is 1.90 bits per heavy atom. The van der Waals surface area contributed by atoms with Gasteiger partial charge >= 0.3 is 0 Å². The second kappa shape index (κ2) is 4.61. The third-order valence-electron chi connectivity index (χ3n) is 3.03. The summed E-state index contributed by atoms with van der Waals surface area (Å²) in [6.07, 6.45) is 0. The number of aromatic nitrogens is 5. The van der Waals surface area contributed by atoms with E-state index < -0.39 is 0 Å². The van der Waals surface area contributed by atoms with Crippen LogP contribution in [0.2, 0.25) is 0 Å². The Morgan fingerprint density at radius 3 is 2.62 bits per heavy atom. The quantitative estimate of drug-likeness (QED) is 0.615. The van der Waals surface area contributed by atoms with Gasteiger partial charge in [0.05, 0.1) is 10.6 Å². The zero-order chi connectivity index (χ0) is 14.4. The zero-order valence-corrected chi connectivity index (χ0v) is 12.6. The minimum absolute atomic E-state index is 0.553. The van der Waals surface area contributed by atoms with Gasteiger partial charge in [0.25, 0.3) is 0 Å². The van der Waals surface area contributed by atoms with Crippen LogP contribution in [0.25, 0.3) is 26.2 Å². The second-order valence-corrected chi connectivity index (χ2v) is 6.44. The lowest BCUT2D eigenvalue weighted by Gasteiger charge is -1.95. The lowest BCUT2D eigenvalue weighted by atomic mass is 10.2. The van der Waals surface area contributed by atoms with Gasteiger partial charge in [-0.05, 0) is 6.92 Å². The van der Waals surface area contributed by atoms with Gasteiger partial charge in [-0.1, -0.05) is 53.0 Å². The number of fused-ring (bicyclic) bond motifs is 1. The molecule has 3 aromatic heterocycles. The van der Waals surface area contributed by atoms with E-state index in [0.29, 0.717) is 5.13 Å². The van der Waals surface area contributed by atoms with Crippen molar-refractivity contribution in [2.45, 2.75) is 6.92 Å². The topological polar surface area (TPSA) is 82.0 Å². The van der Waals surface area contributed by atoms with Gasteiger partial charge in [0.2, 0.25) is 4.96 Å². The van der Waals surface area contributed by atoms with Crippen molar-refractivity contribution in [3.05, 3.63) is 36.0 Å². The number of nitrogen functional groups attached to an aromatic ring is 1. The van der Waals surface area contributed by atoms with Crippen LogP contribution in [0.15, 0.2) is 30.3 Å². The van der Waals surface area contributed by atoms with E-state index >= 15 is 0 Å². The van der Waals surface area contributed by atoms with E-state index in [4.69, 9.17) is 5.73 Å². The minimum Gasteiger partial charge on any atom is -0.375 e. The number of hydrogen-bond donors (Lipinski definition) is 1. The average molecular weight is 314 g/mol. The molecule has 0 atom stereocenters. The zero-order valence-electron chi connectivity index (χ0n) is 11.0. The normalized spacial score (nSPS) is 11.3. The second-order valence-electron chi connectivity index (χ2n) is 4.46. The number of thiazole rings is 1. The number of nitrogens with two attached hydrogens (primary N) is 1. The highest BCUT2D eigenvalue weighted by atomic mass is 32.1. The summed E-state index contributed by atoms with van der Waals surface area (Å²) in [7, 11) is 0. The van der Waals surface area contributed by atoms with Crippen molar-refractivity contribution < 1.29 is 0 Å². The van der Waals surface area contributed by atoms with E-state index in [1.807, 2.05) is 37.3 Å². The highest BCUT2D eigenvalue weighted by Crippen LogP contribution is 2.34. The van der Waals surface area contributed by atoms with Crippen LogP contribution in [0.4, 0.5) is 5.13 Å². The van der Waals surface area contributed by atoms with Crippen molar-refractivity contribution in [3.8, 4) is 21.3 Å². The molecule has 1 aromatic carbocycles. The summed E-state index contributed by atoms with van der Waals surface area (Å²) in [5.74, 6) is 0.739. The van der Waals surface area contributed by atoms with Gasteiger partial charge < -0.3 is 5.73 Å². The fraction of sp³-hybridized carbons (Fsp3) is 0.0769. The van der Waals surface area contributed by atoms with Gasteiger partial charge in [0.1, 0.15) is 0 Å². The Hall–Kier alpha value is -2.32. The third-order valence-corrected chi connectivity index (χ3v) is 5.07. The first-order valence-electron chi connectivity index (χ1n) is 6.23. The van der Waals surface area contributed by atoms with Crippen LogP contribution in [0.5, 0.6) is 0 Å². The first-order chi connectivity index (χ1) is 10.2. The summed E-state index contributed by atoms with van der Waals surface area (Å²) in [6.45, 7) is 1.93. The van der Waals surface area contributed by atoms with Crippen molar-refractivity contribution in [2.24, 2.45) is 0 Å². The molecule has 0 aliphatic heterocycles. The van der Waals surface area contributed by atoms with Gasteiger partial charge in [0.15, 0.2) is 16.0 Å². The number of anilines is 1. The molecule has 3 heterocycles. The molecule has 4 rings (SSSR count). The van der Waals surface area contributed by atoms with Crippen molar-refractivity contribution in [1.29, 1.82) is 0 Å². The fourth-order valence-electron chi connectivity index (χ4n) is 2.09. The molecule has 0 aliphatic carbocycles. The van der Waals surface area contributed by atoms with E-state index in [-0.39, 0.29) is 0 Å². The first-order valence-corrected chi connectivity index (χ1v) is 7.86. The van der Waals surface area contributed by atoms with Crippen LogP contribution < -0.4 is 5.73 Å². The average Bonchev–Trinajstić information content (AvgIpc) is 3.13. The molecule has 8 heteroatoms. The molecule has 6 nitrogen and oxygen atoms in total. The summed E-state index contributed by atoms with van der Waals surface area (Å²) in [5, 5.41) is 14.4. The third kappa shape index (κ3) is 1.99. The van der Waals surface area contributed by atoms with Gasteiger partial charge in [-0.25, -0.2) is 4.98 Å². The van der Waals surface area contributed by atoms with E-state index in [9.17, 15) is 0 Å². The van der Waals surface area contributed by atoms with Gasteiger partial charge in [0, 0.05) is 5.56 Å². The number of benzene rings is 1. The summed E-state index contributed by atoms with van der Waals surface area (Å²) in [4.78, 5) is 5.99. The smallest absolute Gasteiger partial charge is 0.235 e. The number of aryl methyl sites for hydroxylation is 1. The molecule has 4 aromatic rings. The SMILES string of the molecule is Cc1nc(N)sc1-c1nn2c(-c3ccccc3)nnc2s1.